The summed E-state index contributed by atoms with van der Waals surface area (Å²) in [5, 5.41) is 15.8. The van der Waals surface area contributed by atoms with Gasteiger partial charge in [0.1, 0.15) is 11.4 Å². The lowest BCUT2D eigenvalue weighted by Gasteiger charge is -2.34. The Morgan fingerprint density at radius 3 is 2.46 bits per heavy atom. The van der Waals surface area contributed by atoms with Gasteiger partial charge in [0.25, 0.3) is 0 Å². The number of pyridine rings is 1. The third-order valence-electron chi connectivity index (χ3n) is 7.57. The van der Waals surface area contributed by atoms with Crippen LogP contribution < -0.4 is 0 Å². The maximum atomic E-state index is 4.95. The predicted octanol–water partition coefficient (Wildman–Crippen LogP) is 5.33. The molecule has 0 spiro atoms. The van der Waals surface area contributed by atoms with Crippen molar-refractivity contribution < 1.29 is 0 Å². The molecule has 0 aromatic carbocycles. The third kappa shape index (κ3) is 2.16. The van der Waals surface area contributed by atoms with E-state index in [2.05, 4.69) is 75.0 Å². The Bertz CT molecular complexity index is 1060. The fourth-order valence-electron chi connectivity index (χ4n) is 5.31. The van der Waals surface area contributed by atoms with Crippen molar-refractivity contribution in [2.75, 3.05) is 0 Å². The lowest BCUT2D eigenvalue weighted by atomic mass is 9.70. The van der Waals surface area contributed by atoms with E-state index < -0.39 is 0 Å². The first-order valence-corrected chi connectivity index (χ1v) is 10.3. The summed E-state index contributed by atoms with van der Waals surface area (Å²) in [6.45, 7) is 13.7. The van der Waals surface area contributed by atoms with Gasteiger partial charge < -0.3 is 0 Å². The molecule has 2 bridgehead atoms. The first-order chi connectivity index (χ1) is 13.1. The van der Waals surface area contributed by atoms with E-state index in [1.54, 1.807) is 0 Å². The molecular formula is C23H29N5. The van der Waals surface area contributed by atoms with Gasteiger partial charge in [0.2, 0.25) is 0 Å². The molecule has 2 atom stereocenters. The van der Waals surface area contributed by atoms with Crippen LogP contribution in [-0.2, 0) is 10.8 Å². The SMILES string of the molecule is CC(C)(C)c1cc(-c2cccc(-c3n[nH]c4c3C3CCC4(C)C3(C)C)n2)n[nH]1. The van der Waals surface area contributed by atoms with Crippen molar-refractivity contribution in [3.05, 3.63) is 41.2 Å². The van der Waals surface area contributed by atoms with Gasteiger partial charge in [0, 0.05) is 27.8 Å². The van der Waals surface area contributed by atoms with Crippen LogP contribution >= 0.6 is 0 Å². The first-order valence-electron chi connectivity index (χ1n) is 10.3. The summed E-state index contributed by atoms with van der Waals surface area (Å²) in [4.78, 5) is 4.95. The van der Waals surface area contributed by atoms with Crippen molar-refractivity contribution in [3.63, 3.8) is 0 Å². The van der Waals surface area contributed by atoms with Gasteiger partial charge in [-0.2, -0.15) is 10.2 Å². The second-order valence-corrected chi connectivity index (χ2v) is 10.3. The fourth-order valence-corrected chi connectivity index (χ4v) is 5.31. The highest BCUT2D eigenvalue weighted by molar-refractivity contribution is 5.68. The molecule has 3 heterocycles. The molecule has 0 aliphatic heterocycles. The number of aromatic amines is 2. The molecule has 5 rings (SSSR count). The maximum absolute atomic E-state index is 4.95. The van der Waals surface area contributed by atoms with Gasteiger partial charge in [-0.1, -0.05) is 47.6 Å². The molecule has 146 valence electrons. The van der Waals surface area contributed by atoms with Gasteiger partial charge in [-0.3, -0.25) is 10.2 Å². The molecule has 3 aromatic rings. The van der Waals surface area contributed by atoms with E-state index in [0.29, 0.717) is 5.92 Å². The smallest absolute Gasteiger partial charge is 0.114 e. The van der Waals surface area contributed by atoms with Crippen LogP contribution in [0.3, 0.4) is 0 Å². The van der Waals surface area contributed by atoms with E-state index in [1.165, 1.54) is 24.1 Å². The fraction of sp³-hybridized carbons (Fsp3) is 0.522. The number of hydrogen-bond acceptors (Lipinski definition) is 3. The van der Waals surface area contributed by atoms with Crippen LogP contribution in [0.2, 0.25) is 0 Å². The Hall–Kier alpha value is -2.43. The summed E-state index contributed by atoms with van der Waals surface area (Å²) in [7, 11) is 0. The Balaban J connectivity index is 1.58. The number of rotatable bonds is 2. The van der Waals surface area contributed by atoms with Gasteiger partial charge >= 0.3 is 0 Å². The molecule has 2 N–H and O–H groups in total. The molecule has 0 saturated heterocycles. The molecule has 5 nitrogen and oxygen atoms in total. The van der Waals surface area contributed by atoms with Crippen molar-refractivity contribution >= 4 is 0 Å². The molecule has 0 amide bonds. The third-order valence-corrected chi connectivity index (χ3v) is 7.57. The number of aromatic nitrogens is 5. The highest BCUT2D eigenvalue weighted by Crippen LogP contribution is 2.68. The zero-order chi connectivity index (χ0) is 19.9. The molecule has 5 heteroatoms. The molecule has 2 aliphatic carbocycles. The maximum Gasteiger partial charge on any atom is 0.114 e. The van der Waals surface area contributed by atoms with E-state index >= 15 is 0 Å². The van der Waals surface area contributed by atoms with Crippen molar-refractivity contribution in [2.45, 2.75) is 71.1 Å². The Morgan fingerprint density at radius 1 is 1.00 bits per heavy atom. The molecule has 1 fully saturated rings. The minimum absolute atomic E-state index is 0.0339. The molecule has 2 unspecified atom stereocenters. The monoisotopic (exact) mass is 375 g/mol. The summed E-state index contributed by atoms with van der Waals surface area (Å²) in [5.74, 6) is 0.546. The largest absolute Gasteiger partial charge is 0.281 e. The molecule has 28 heavy (non-hydrogen) atoms. The average molecular weight is 376 g/mol. The molecule has 2 aliphatic rings. The topological polar surface area (TPSA) is 70.2 Å². The highest BCUT2D eigenvalue weighted by Gasteiger charge is 2.61. The van der Waals surface area contributed by atoms with Crippen molar-refractivity contribution in [2.24, 2.45) is 5.41 Å². The summed E-state index contributed by atoms with van der Waals surface area (Å²) in [6, 6.07) is 8.26. The Labute approximate surface area is 166 Å². The van der Waals surface area contributed by atoms with Crippen molar-refractivity contribution in [1.29, 1.82) is 0 Å². The number of nitrogens with zero attached hydrogens (tertiary/aromatic N) is 3. The number of fused-ring (bicyclic) bond motifs is 5. The average Bonchev–Trinajstić information content (AvgIpc) is 3.36. The minimum Gasteiger partial charge on any atom is -0.281 e. The van der Waals surface area contributed by atoms with Gasteiger partial charge in [-0.25, -0.2) is 4.98 Å². The molecule has 3 aromatic heterocycles. The van der Waals surface area contributed by atoms with Gasteiger partial charge in [0.15, 0.2) is 0 Å². The van der Waals surface area contributed by atoms with Crippen LogP contribution in [0.4, 0.5) is 0 Å². The zero-order valence-corrected chi connectivity index (χ0v) is 17.6. The van der Waals surface area contributed by atoms with Crippen LogP contribution in [-0.4, -0.2) is 25.4 Å². The van der Waals surface area contributed by atoms with E-state index in [4.69, 9.17) is 10.1 Å². The van der Waals surface area contributed by atoms with E-state index in [1.807, 2.05) is 6.07 Å². The first kappa shape index (κ1) is 17.7. The Kier molecular flexibility index (Phi) is 3.37. The van der Waals surface area contributed by atoms with E-state index in [0.717, 1.165) is 28.5 Å². The normalized spacial score (nSPS) is 25.3. The lowest BCUT2D eigenvalue weighted by molar-refractivity contribution is 0.225. The van der Waals surface area contributed by atoms with Crippen LogP contribution in [0.25, 0.3) is 22.8 Å². The van der Waals surface area contributed by atoms with Gasteiger partial charge in [0.05, 0.1) is 11.4 Å². The summed E-state index contributed by atoms with van der Waals surface area (Å²) in [5.41, 5.74) is 8.02. The highest BCUT2D eigenvalue weighted by atomic mass is 15.2. The standard InChI is InChI=1S/C23H29N5/c1-21(2,3)17-12-16(25-26-17)14-8-7-9-15(24-14)19-18-13-10-11-23(6,22(13,4)5)20(18)28-27-19/h7-9,12-13H,10-11H2,1-6H3,(H,25,26)(H,27,28). The molecule has 0 radical (unpaired) electrons. The number of H-pyrrole nitrogens is 2. The second-order valence-electron chi connectivity index (χ2n) is 10.3. The van der Waals surface area contributed by atoms with Crippen LogP contribution in [0.5, 0.6) is 0 Å². The van der Waals surface area contributed by atoms with Gasteiger partial charge in [-0.15, -0.1) is 0 Å². The predicted molar refractivity (Wildman–Crippen MR) is 111 cm³/mol. The molecular weight excluding hydrogens is 346 g/mol. The summed E-state index contributed by atoms with van der Waals surface area (Å²) < 4.78 is 0. The lowest BCUT2D eigenvalue weighted by Crippen LogP contribution is -2.32. The van der Waals surface area contributed by atoms with Crippen molar-refractivity contribution in [3.8, 4) is 22.8 Å². The summed E-state index contributed by atoms with van der Waals surface area (Å²) >= 11 is 0. The van der Waals surface area contributed by atoms with Crippen LogP contribution in [0.15, 0.2) is 24.3 Å². The summed E-state index contributed by atoms with van der Waals surface area (Å²) in [6.07, 6.45) is 2.46. The van der Waals surface area contributed by atoms with E-state index in [-0.39, 0.29) is 16.2 Å². The van der Waals surface area contributed by atoms with Crippen LogP contribution in [0, 0.1) is 5.41 Å². The zero-order valence-electron chi connectivity index (χ0n) is 17.6. The number of nitrogens with one attached hydrogen (secondary N) is 2. The van der Waals surface area contributed by atoms with Gasteiger partial charge in [-0.05, 0) is 42.4 Å². The quantitative estimate of drug-likeness (QED) is 0.635. The number of hydrogen-bond donors (Lipinski definition) is 2. The Morgan fingerprint density at radius 2 is 1.75 bits per heavy atom. The molecule has 1 saturated carbocycles. The second kappa shape index (κ2) is 5.34. The van der Waals surface area contributed by atoms with Crippen LogP contribution in [0.1, 0.15) is 77.3 Å². The van der Waals surface area contributed by atoms with E-state index in [9.17, 15) is 0 Å². The van der Waals surface area contributed by atoms with Crippen molar-refractivity contribution in [1.82, 2.24) is 25.4 Å². The minimum atomic E-state index is 0.0339.